The minimum absolute atomic E-state index is 0.0455. The largest absolute Gasteiger partial charge is 0.321 e. The van der Waals surface area contributed by atoms with Crippen molar-refractivity contribution < 1.29 is 13.2 Å². The summed E-state index contributed by atoms with van der Waals surface area (Å²) in [6.45, 7) is 5.78. The molecule has 0 aliphatic heterocycles. The number of anilines is 1. The molecule has 0 fully saturated rings. The summed E-state index contributed by atoms with van der Waals surface area (Å²) in [7, 11) is -3.38. The highest BCUT2D eigenvalue weighted by atomic mass is 32.2. The predicted molar refractivity (Wildman–Crippen MR) is 98.0 cm³/mol. The van der Waals surface area contributed by atoms with Gasteiger partial charge in [0.25, 0.3) is 5.91 Å². The minimum Gasteiger partial charge on any atom is -0.321 e. The van der Waals surface area contributed by atoms with Crippen LogP contribution in [0.25, 0.3) is 11.0 Å². The Morgan fingerprint density at radius 2 is 1.96 bits per heavy atom. The third-order valence-corrected chi connectivity index (χ3v) is 4.87. The Kier molecular flexibility index (Phi) is 4.49. The van der Waals surface area contributed by atoms with E-state index in [1.54, 1.807) is 23.9 Å². The quantitative estimate of drug-likeness (QED) is 0.752. The number of sulfone groups is 1. The first-order valence-corrected chi connectivity index (χ1v) is 9.88. The number of hydrogen-bond acceptors (Lipinski definition) is 6. The lowest BCUT2D eigenvalue weighted by molar-refractivity contribution is 0.102. The molecule has 3 heterocycles. The van der Waals surface area contributed by atoms with Crippen LogP contribution in [0.3, 0.4) is 0 Å². The zero-order valence-corrected chi connectivity index (χ0v) is 15.7. The second-order valence-corrected chi connectivity index (χ2v) is 8.29. The Balaban J connectivity index is 1.89. The maximum atomic E-state index is 12.6. The summed E-state index contributed by atoms with van der Waals surface area (Å²) in [6.07, 6.45) is 4.07. The SMILES string of the molecule is Cc1nc2c(cnn2C(C)C)cc1C(=O)Nc1ccc(S(C)(=O)=O)nc1. The number of hydrogen-bond donors (Lipinski definition) is 1. The van der Waals surface area contributed by atoms with E-state index in [-0.39, 0.29) is 17.0 Å². The van der Waals surface area contributed by atoms with Crippen molar-refractivity contribution in [2.75, 3.05) is 11.6 Å². The second-order valence-electron chi connectivity index (χ2n) is 6.33. The Labute approximate surface area is 151 Å². The van der Waals surface area contributed by atoms with E-state index in [0.29, 0.717) is 16.9 Å². The molecule has 0 aliphatic rings. The molecule has 9 heteroatoms. The zero-order valence-electron chi connectivity index (χ0n) is 14.9. The number of carbonyl (C=O) groups excluding carboxylic acids is 1. The molecule has 0 bridgehead atoms. The van der Waals surface area contributed by atoms with Gasteiger partial charge in [0.15, 0.2) is 20.5 Å². The average Bonchev–Trinajstić information content (AvgIpc) is 2.96. The lowest BCUT2D eigenvalue weighted by Crippen LogP contribution is -2.15. The van der Waals surface area contributed by atoms with Crippen molar-refractivity contribution >= 4 is 32.5 Å². The highest BCUT2D eigenvalue weighted by molar-refractivity contribution is 7.90. The topological polar surface area (TPSA) is 107 Å². The lowest BCUT2D eigenvalue weighted by atomic mass is 10.1. The van der Waals surface area contributed by atoms with Crippen LogP contribution in [0, 0.1) is 6.92 Å². The van der Waals surface area contributed by atoms with Gasteiger partial charge in [0.1, 0.15) is 0 Å². The van der Waals surface area contributed by atoms with Gasteiger partial charge in [0, 0.05) is 17.7 Å². The van der Waals surface area contributed by atoms with Gasteiger partial charge in [-0.1, -0.05) is 0 Å². The molecule has 0 aromatic carbocycles. The summed E-state index contributed by atoms with van der Waals surface area (Å²) in [5.74, 6) is -0.344. The van der Waals surface area contributed by atoms with Crippen LogP contribution in [-0.4, -0.2) is 40.3 Å². The van der Waals surface area contributed by atoms with Gasteiger partial charge in [0.05, 0.1) is 29.3 Å². The molecule has 8 nitrogen and oxygen atoms in total. The van der Waals surface area contributed by atoms with Crippen molar-refractivity contribution in [3.63, 3.8) is 0 Å². The molecule has 136 valence electrons. The van der Waals surface area contributed by atoms with E-state index in [0.717, 1.165) is 17.3 Å². The molecular formula is C17H19N5O3S. The van der Waals surface area contributed by atoms with Gasteiger partial charge in [-0.25, -0.2) is 23.1 Å². The number of nitrogens with one attached hydrogen (secondary N) is 1. The molecule has 3 rings (SSSR count). The van der Waals surface area contributed by atoms with E-state index in [9.17, 15) is 13.2 Å². The van der Waals surface area contributed by atoms with Crippen LogP contribution >= 0.6 is 0 Å². The van der Waals surface area contributed by atoms with E-state index in [2.05, 4.69) is 20.4 Å². The molecule has 3 aromatic heterocycles. The summed E-state index contributed by atoms with van der Waals surface area (Å²) < 4.78 is 24.7. The molecule has 0 spiro atoms. The van der Waals surface area contributed by atoms with E-state index >= 15 is 0 Å². The first kappa shape index (κ1) is 18.0. The third-order valence-electron chi connectivity index (χ3n) is 3.87. The molecule has 0 saturated heterocycles. The first-order valence-electron chi connectivity index (χ1n) is 7.99. The summed E-state index contributed by atoms with van der Waals surface area (Å²) in [5.41, 5.74) is 2.14. The molecule has 0 aliphatic carbocycles. The van der Waals surface area contributed by atoms with Gasteiger partial charge in [-0.15, -0.1) is 0 Å². The molecular weight excluding hydrogens is 354 g/mol. The van der Waals surface area contributed by atoms with Crippen molar-refractivity contribution in [2.24, 2.45) is 0 Å². The Hall–Kier alpha value is -2.81. The van der Waals surface area contributed by atoms with Gasteiger partial charge in [0.2, 0.25) is 0 Å². The van der Waals surface area contributed by atoms with E-state index in [1.165, 1.54) is 18.3 Å². The van der Waals surface area contributed by atoms with Crippen molar-refractivity contribution in [2.45, 2.75) is 31.8 Å². The molecule has 0 radical (unpaired) electrons. The summed E-state index contributed by atoms with van der Waals surface area (Å²) in [4.78, 5) is 20.9. The smallest absolute Gasteiger partial charge is 0.257 e. The van der Waals surface area contributed by atoms with E-state index < -0.39 is 9.84 Å². The van der Waals surface area contributed by atoms with Crippen molar-refractivity contribution in [1.29, 1.82) is 0 Å². The fourth-order valence-electron chi connectivity index (χ4n) is 2.55. The molecule has 1 amide bonds. The lowest BCUT2D eigenvalue weighted by Gasteiger charge is -2.10. The van der Waals surface area contributed by atoms with Gasteiger partial charge in [-0.3, -0.25) is 4.79 Å². The predicted octanol–water partition coefficient (Wildman–Crippen LogP) is 2.37. The number of fused-ring (bicyclic) bond motifs is 1. The normalized spacial score (nSPS) is 11.9. The van der Waals surface area contributed by atoms with Gasteiger partial charge in [-0.05, 0) is 39.0 Å². The number of amides is 1. The highest BCUT2D eigenvalue weighted by Gasteiger charge is 2.16. The minimum atomic E-state index is -3.38. The molecule has 0 atom stereocenters. The van der Waals surface area contributed by atoms with Gasteiger partial charge in [-0.2, -0.15) is 5.10 Å². The van der Waals surface area contributed by atoms with Crippen LogP contribution in [0.2, 0.25) is 0 Å². The van der Waals surface area contributed by atoms with Crippen LogP contribution < -0.4 is 5.32 Å². The second kappa shape index (κ2) is 6.49. The number of carbonyl (C=O) groups is 1. The first-order chi connectivity index (χ1) is 12.2. The zero-order chi connectivity index (χ0) is 19.1. The molecule has 26 heavy (non-hydrogen) atoms. The molecule has 3 aromatic rings. The van der Waals surface area contributed by atoms with Gasteiger partial charge >= 0.3 is 0 Å². The van der Waals surface area contributed by atoms with E-state index in [1.807, 2.05) is 13.8 Å². The van der Waals surface area contributed by atoms with Crippen LogP contribution in [0.5, 0.6) is 0 Å². The number of aryl methyl sites for hydroxylation is 1. The highest BCUT2D eigenvalue weighted by Crippen LogP contribution is 2.20. The maximum Gasteiger partial charge on any atom is 0.257 e. The number of aromatic nitrogens is 4. The Bertz CT molecular complexity index is 1090. The Morgan fingerprint density at radius 3 is 2.54 bits per heavy atom. The van der Waals surface area contributed by atoms with Crippen molar-refractivity contribution in [3.8, 4) is 0 Å². The Morgan fingerprint density at radius 1 is 1.23 bits per heavy atom. The number of pyridine rings is 2. The number of rotatable bonds is 4. The standard InChI is InChI=1S/C17H19N5O3S/c1-10(2)22-16-12(8-19-22)7-14(11(3)20-16)17(23)21-13-5-6-15(18-9-13)26(4,24)25/h5-10H,1-4H3,(H,21,23). The summed E-state index contributed by atoms with van der Waals surface area (Å²) in [6, 6.07) is 4.76. The molecule has 1 N–H and O–H groups in total. The van der Waals surface area contributed by atoms with E-state index in [4.69, 9.17) is 0 Å². The van der Waals surface area contributed by atoms with Crippen LogP contribution in [-0.2, 0) is 9.84 Å². The fourth-order valence-corrected chi connectivity index (χ4v) is 3.10. The average molecular weight is 373 g/mol. The van der Waals surface area contributed by atoms with Crippen LogP contribution in [0.15, 0.2) is 35.6 Å². The summed E-state index contributed by atoms with van der Waals surface area (Å²) >= 11 is 0. The monoisotopic (exact) mass is 373 g/mol. The van der Waals surface area contributed by atoms with Crippen molar-refractivity contribution in [1.82, 2.24) is 19.7 Å². The summed E-state index contributed by atoms with van der Waals surface area (Å²) in [5, 5.41) is 7.75. The van der Waals surface area contributed by atoms with Crippen molar-refractivity contribution in [3.05, 3.63) is 41.9 Å². The molecule has 0 saturated carbocycles. The number of nitrogens with zero attached hydrogens (tertiary/aromatic N) is 4. The van der Waals surface area contributed by atoms with Crippen LogP contribution in [0.4, 0.5) is 5.69 Å². The molecule has 0 unspecified atom stereocenters. The fraction of sp³-hybridized carbons (Fsp3) is 0.294. The van der Waals surface area contributed by atoms with Gasteiger partial charge < -0.3 is 5.32 Å². The third kappa shape index (κ3) is 3.43. The van der Waals surface area contributed by atoms with Crippen LogP contribution in [0.1, 0.15) is 35.9 Å². The maximum absolute atomic E-state index is 12.6.